The zero-order chi connectivity index (χ0) is 11.3. The van der Waals surface area contributed by atoms with Crippen LogP contribution < -0.4 is 10.1 Å². The quantitative estimate of drug-likeness (QED) is 0.822. The van der Waals surface area contributed by atoms with Crippen molar-refractivity contribution >= 4 is 5.91 Å². The zero-order valence-electron chi connectivity index (χ0n) is 9.41. The molecule has 0 saturated heterocycles. The van der Waals surface area contributed by atoms with Crippen LogP contribution >= 0.6 is 0 Å². The first-order chi connectivity index (χ1) is 7.17. The van der Waals surface area contributed by atoms with Gasteiger partial charge in [-0.15, -0.1) is 0 Å². The van der Waals surface area contributed by atoms with E-state index >= 15 is 0 Å². The summed E-state index contributed by atoms with van der Waals surface area (Å²) >= 11 is 0. The molecule has 1 N–H and O–H groups in total. The first kappa shape index (κ1) is 11.6. The van der Waals surface area contributed by atoms with Crippen molar-refractivity contribution in [3.63, 3.8) is 0 Å². The number of ether oxygens (including phenoxy) is 1. The summed E-state index contributed by atoms with van der Waals surface area (Å²) in [6, 6.07) is 7.83. The molecular weight excluding hydrogens is 190 g/mol. The van der Waals surface area contributed by atoms with Crippen LogP contribution in [0.2, 0.25) is 0 Å². The Kier molecular flexibility index (Phi) is 4.16. The van der Waals surface area contributed by atoms with Gasteiger partial charge >= 0.3 is 0 Å². The van der Waals surface area contributed by atoms with Crippen molar-refractivity contribution in [1.29, 1.82) is 0 Å². The lowest BCUT2D eigenvalue weighted by Gasteiger charge is -2.16. The standard InChI is InChI=1S/C12H17NO2/c1-4-12(13-9(2)14)10-6-5-7-11(8-10)15-3/h5-8,12H,4H2,1-3H3,(H,13,14). The summed E-state index contributed by atoms with van der Waals surface area (Å²) < 4.78 is 5.14. The normalized spacial score (nSPS) is 11.9. The van der Waals surface area contributed by atoms with Gasteiger partial charge in [0.05, 0.1) is 13.2 Å². The number of hydrogen-bond donors (Lipinski definition) is 1. The van der Waals surface area contributed by atoms with Gasteiger partial charge < -0.3 is 10.1 Å². The van der Waals surface area contributed by atoms with Gasteiger partial charge in [-0.1, -0.05) is 19.1 Å². The molecule has 1 rings (SSSR count). The number of amides is 1. The van der Waals surface area contributed by atoms with Gasteiger partial charge in [-0.25, -0.2) is 0 Å². The molecule has 1 aromatic carbocycles. The molecule has 3 nitrogen and oxygen atoms in total. The van der Waals surface area contributed by atoms with Crippen LogP contribution in [0.5, 0.6) is 5.75 Å². The Bertz CT molecular complexity index is 336. The highest BCUT2D eigenvalue weighted by Gasteiger charge is 2.10. The largest absolute Gasteiger partial charge is 0.497 e. The number of nitrogens with one attached hydrogen (secondary N) is 1. The first-order valence-electron chi connectivity index (χ1n) is 5.08. The molecule has 0 spiro atoms. The van der Waals surface area contributed by atoms with Crippen LogP contribution in [0.15, 0.2) is 24.3 Å². The summed E-state index contributed by atoms with van der Waals surface area (Å²) in [4.78, 5) is 11.0. The van der Waals surface area contributed by atoms with E-state index in [0.29, 0.717) is 0 Å². The van der Waals surface area contributed by atoms with Crippen LogP contribution in [0, 0.1) is 0 Å². The number of carbonyl (C=O) groups is 1. The van der Waals surface area contributed by atoms with Gasteiger partial charge in [-0.3, -0.25) is 4.79 Å². The Morgan fingerprint density at radius 2 is 2.27 bits per heavy atom. The van der Waals surface area contributed by atoms with Gasteiger partial charge in [0.25, 0.3) is 0 Å². The molecule has 1 amide bonds. The molecule has 0 fully saturated rings. The van der Waals surface area contributed by atoms with Crippen LogP contribution in [0.3, 0.4) is 0 Å². The number of rotatable bonds is 4. The van der Waals surface area contributed by atoms with Crippen molar-refractivity contribution in [3.05, 3.63) is 29.8 Å². The summed E-state index contributed by atoms with van der Waals surface area (Å²) in [6.45, 7) is 3.57. The second kappa shape index (κ2) is 5.39. The van der Waals surface area contributed by atoms with Gasteiger partial charge in [0.2, 0.25) is 5.91 Å². The Labute approximate surface area is 90.4 Å². The van der Waals surface area contributed by atoms with Gasteiger partial charge in [0.15, 0.2) is 0 Å². The second-order valence-electron chi connectivity index (χ2n) is 3.44. The van der Waals surface area contributed by atoms with Crippen molar-refractivity contribution < 1.29 is 9.53 Å². The molecule has 3 heteroatoms. The average molecular weight is 207 g/mol. The van der Waals surface area contributed by atoms with E-state index in [9.17, 15) is 4.79 Å². The Morgan fingerprint density at radius 3 is 2.80 bits per heavy atom. The van der Waals surface area contributed by atoms with E-state index in [2.05, 4.69) is 5.32 Å². The smallest absolute Gasteiger partial charge is 0.217 e. The third-order valence-electron chi connectivity index (χ3n) is 2.28. The van der Waals surface area contributed by atoms with Crippen molar-refractivity contribution in [1.82, 2.24) is 5.32 Å². The summed E-state index contributed by atoms with van der Waals surface area (Å²) in [5, 5.41) is 2.90. The maximum Gasteiger partial charge on any atom is 0.217 e. The predicted molar refractivity (Wildman–Crippen MR) is 59.8 cm³/mol. The lowest BCUT2D eigenvalue weighted by Crippen LogP contribution is -2.25. The molecule has 1 aromatic rings. The van der Waals surface area contributed by atoms with Crippen molar-refractivity contribution in [3.8, 4) is 5.75 Å². The molecule has 82 valence electrons. The molecule has 0 heterocycles. The van der Waals surface area contributed by atoms with E-state index in [1.165, 1.54) is 6.92 Å². The molecule has 0 aliphatic heterocycles. The fourth-order valence-electron chi connectivity index (χ4n) is 1.52. The lowest BCUT2D eigenvalue weighted by molar-refractivity contribution is -0.119. The maximum atomic E-state index is 11.0. The van der Waals surface area contributed by atoms with E-state index in [4.69, 9.17) is 4.74 Å². The molecule has 0 aromatic heterocycles. The topological polar surface area (TPSA) is 38.3 Å². The zero-order valence-corrected chi connectivity index (χ0v) is 9.41. The molecule has 1 atom stereocenters. The molecule has 15 heavy (non-hydrogen) atoms. The third-order valence-corrected chi connectivity index (χ3v) is 2.28. The van der Waals surface area contributed by atoms with Crippen molar-refractivity contribution in [2.45, 2.75) is 26.3 Å². The molecule has 0 radical (unpaired) electrons. The fraction of sp³-hybridized carbons (Fsp3) is 0.417. The highest BCUT2D eigenvalue weighted by Crippen LogP contribution is 2.21. The molecular formula is C12H17NO2. The number of hydrogen-bond acceptors (Lipinski definition) is 2. The number of carbonyl (C=O) groups excluding carboxylic acids is 1. The molecule has 0 aliphatic rings. The molecule has 0 bridgehead atoms. The van der Waals surface area contributed by atoms with Crippen LogP contribution in [0.25, 0.3) is 0 Å². The average Bonchev–Trinajstić information content (AvgIpc) is 2.25. The molecule has 0 saturated carbocycles. The number of methoxy groups -OCH3 is 1. The van der Waals surface area contributed by atoms with E-state index in [-0.39, 0.29) is 11.9 Å². The van der Waals surface area contributed by atoms with Gasteiger partial charge in [0, 0.05) is 6.92 Å². The van der Waals surface area contributed by atoms with Crippen molar-refractivity contribution in [2.75, 3.05) is 7.11 Å². The first-order valence-corrected chi connectivity index (χ1v) is 5.08. The number of benzene rings is 1. The van der Waals surface area contributed by atoms with Crippen LogP contribution in [0.4, 0.5) is 0 Å². The molecule has 1 unspecified atom stereocenters. The minimum atomic E-state index is -0.00956. The van der Waals surface area contributed by atoms with Crippen molar-refractivity contribution in [2.24, 2.45) is 0 Å². The van der Waals surface area contributed by atoms with Gasteiger partial charge in [0.1, 0.15) is 5.75 Å². The SMILES string of the molecule is CCC(NC(C)=O)c1cccc(OC)c1. The third kappa shape index (κ3) is 3.27. The van der Waals surface area contributed by atoms with E-state index in [1.54, 1.807) is 7.11 Å². The van der Waals surface area contributed by atoms with Gasteiger partial charge in [-0.05, 0) is 24.1 Å². The fourth-order valence-corrected chi connectivity index (χ4v) is 1.52. The maximum absolute atomic E-state index is 11.0. The Balaban J connectivity index is 2.85. The summed E-state index contributed by atoms with van der Waals surface area (Å²) in [5.41, 5.74) is 1.08. The lowest BCUT2D eigenvalue weighted by atomic mass is 10.0. The summed E-state index contributed by atoms with van der Waals surface area (Å²) in [7, 11) is 1.64. The van der Waals surface area contributed by atoms with E-state index in [1.807, 2.05) is 31.2 Å². The van der Waals surface area contributed by atoms with E-state index < -0.39 is 0 Å². The Morgan fingerprint density at radius 1 is 1.53 bits per heavy atom. The van der Waals surface area contributed by atoms with Gasteiger partial charge in [-0.2, -0.15) is 0 Å². The highest BCUT2D eigenvalue weighted by molar-refractivity contribution is 5.73. The minimum absolute atomic E-state index is 0.00956. The highest BCUT2D eigenvalue weighted by atomic mass is 16.5. The van der Waals surface area contributed by atoms with Crippen LogP contribution in [0.1, 0.15) is 31.9 Å². The van der Waals surface area contributed by atoms with E-state index in [0.717, 1.165) is 17.7 Å². The minimum Gasteiger partial charge on any atom is -0.497 e. The Hall–Kier alpha value is -1.51. The predicted octanol–water partition coefficient (Wildman–Crippen LogP) is 2.28. The summed E-state index contributed by atoms with van der Waals surface area (Å²) in [6.07, 6.45) is 0.868. The van der Waals surface area contributed by atoms with Crippen LogP contribution in [-0.2, 0) is 4.79 Å². The second-order valence-corrected chi connectivity index (χ2v) is 3.44. The molecule has 0 aliphatic carbocycles. The monoisotopic (exact) mass is 207 g/mol. The van der Waals surface area contributed by atoms with Crippen LogP contribution in [-0.4, -0.2) is 13.0 Å². The summed E-state index contributed by atoms with van der Waals surface area (Å²) in [5.74, 6) is 0.806.